The van der Waals surface area contributed by atoms with Crippen LogP contribution in [-0.2, 0) is 14.8 Å². The smallest absolute Gasteiger partial charge is 0.240 e. The van der Waals surface area contributed by atoms with E-state index in [9.17, 15) is 13.2 Å². The van der Waals surface area contributed by atoms with Crippen LogP contribution < -0.4 is 19.1 Å². The van der Waals surface area contributed by atoms with Crippen LogP contribution in [0.1, 0.15) is 12.8 Å². The molecule has 11 heteroatoms. The molecule has 0 saturated carbocycles. The monoisotopic (exact) mass is 480 g/mol. The van der Waals surface area contributed by atoms with E-state index in [0.717, 1.165) is 12.2 Å². The SMILES string of the molecule is O=C(CCNS(=O)(=O)c1ccc2c(c1)OCCCO2)N1CCN(c2ccc(Cl)cn2)CC1. The molecule has 2 aromatic rings. The third-order valence-corrected chi connectivity index (χ3v) is 7.01. The van der Waals surface area contributed by atoms with Gasteiger partial charge in [0.15, 0.2) is 11.5 Å². The van der Waals surface area contributed by atoms with Gasteiger partial charge < -0.3 is 19.3 Å². The van der Waals surface area contributed by atoms with Crippen molar-refractivity contribution in [1.82, 2.24) is 14.6 Å². The van der Waals surface area contributed by atoms with Crippen molar-refractivity contribution in [3.05, 3.63) is 41.6 Å². The van der Waals surface area contributed by atoms with Crippen LogP contribution in [0.2, 0.25) is 5.02 Å². The van der Waals surface area contributed by atoms with Gasteiger partial charge in [0.2, 0.25) is 15.9 Å². The number of hydrogen-bond donors (Lipinski definition) is 1. The molecule has 1 fully saturated rings. The van der Waals surface area contributed by atoms with Crippen molar-refractivity contribution in [3.63, 3.8) is 0 Å². The van der Waals surface area contributed by atoms with Crippen LogP contribution in [-0.4, -0.2) is 70.1 Å². The molecular formula is C21H25ClN4O5S. The first-order chi connectivity index (χ1) is 15.4. The fourth-order valence-corrected chi connectivity index (χ4v) is 4.74. The van der Waals surface area contributed by atoms with E-state index in [4.69, 9.17) is 21.1 Å². The van der Waals surface area contributed by atoms with Crippen molar-refractivity contribution in [3.8, 4) is 11.5 Å². The molecule has 172 valence electrons. The number of pyridine rings is 1. The van der Waals surface area contributed by atoms with Crippen molar-refractivity contribution < 1.29 is 22.7 Å². The Hall–Kier alpha value is -2.56. The molecule has 1 aromatic heterocycles. The molecule has 2 aliphatic heterocycles. The lowest BCUT2D eigenvalue weighted by atomic mass is 10.2. The van der Waals surface area contributed by atoms with E-state index in [0.29, 0.717) is 55.9 Å². The standard InChI is InChI=1S/C21H25ClN4O5S/c22-16-2-5-20(23-15-16)25-8-10-26(11-9-25)21(27)6-7-24-32(28,29)17-3-4-18-19(14-17)31-13-1-12-30-18/h2-5,14-15,24H,1,6-13H2. The lowest BCUT2D eigenvalue weighted by Crippen LogP contribution is -2.49. The van der Waals surface area contributed by atoms with Gasteiger partial charge in [-0.15, -0.1) is 0 Å². The second kappa shape index (κ2) is 9.93. The van der Waals surface area contributed by atoms with Gasteiger partial charge in [0.25, 0.3) is 0 Å². The number of rotatable bonds is 6. The van der Waals surface area contributed by atoms with Crippen molar-refractivity contribution in [2.75, 3.05) is 50.8 Å². The molecule has 0 aliphatic carbocycles. The van der Waals surface area contributed by atoms with Gasteiger partial charge in [-0.25, -0.2) is 18.1 Å². The van der Waals surface area contributed by atoms with E-state index in [1.54, 1.807) is 23.2 Å². The van der Waals surface area contributed by atoms with Crippen molar-refractivity contribution >= 4 is 33.3 Å². The lowest BCUT2D eigenvalue weighted by molar-refractivity contribution is -0.131. The molecule has 2 aliphatic rings. The maximum atomic E-state index is 12.6. The van der Waals surface area contributed by atoms with Crippen LogP contribution in [0.5, 0.6) is 11.5 Å². The van der Waals surface area contributed by atoms with Crippen LogP contribution >= 0.6 is 11.6 Å². The van der Waals surface area contributed by atoms with E-state index in [-0.39, 0.29) is 23.8 Å². The number of amides is 1. The summed E-state index contributed by atoms with van der Waals surface area (Å²) >= 11 is 5.88. The van der Waals surface area contributed by atoms with Gasteiger partial charge in [-0.05, 0) is 24.3 Å². The fraction of sp³-hybridized carbons (Fsp3) is 0.429. The van der Waals surface area contributed by atoms with E-state index in [1.165, 1.54) is 12.1 Å². The van der Waals surface area contributed by atoms with Gasteiger partial charge in [-0.1, -0.05) is 11.6 Å². The Labute approximate surface area is 192 Å². The zero-order valence-electron chi connectivity index (χ0n) is 17.5. The number of aromatic nitrogens is 1. The number of sulfonamides is 1. The summed E-state index contributed by atoms with van der Waals surface area (Å²) in [6, 6.07) is 8.16. The number of ether oxygens (including phenoxy) is 2. The van der Waals surface area contributed by atoms with Gasteiger partial charge in [-0.3, -0.25) is 4.79 Å². The molecule has 9 nitrogen and oxygen atoms in total. The number of halogens is 1. The van der Waals surface area contributed by atoms with Crippen LogP contribution in [0.25, 0.3) is 0 Å². The predicted molar refractivity (Wildman–Crippen MR) is 120 cm³/mol. The summed E-state index contributed by atoms with van der Waals surface area (Å²) in [7, 11) is -3.76. The average molecular weight is 481 g/mol. The van der Waals surface area contributed by atoms with Gasteiger partial charge in [0, 0.05) is 57.8 Å². The minimum Gasteiger partial charge on any atom is -0.490 e. The number of hydrogen-bond acceptors (Lipinski definition) is 7. The van der Waals surface area contributed by atoms with Crippen LogP contribution in [0.15, 0.2) is 41.4 Å². The maximum absolute atomic E-state index is 12.6. The number of nitrogens with one attached hydrogen (secondary N) is 1. The quantitative estimate of drug-likeness (QED) is 0.674. The first-order valence-corrected chi connectivity index (χ1v) is 12.3. The molecule has 1 aromatic carbocycles. The number of piperazine rings is 1. The van der Waals surface area contributed by atoms with Crippen molar-refractivity contribution in [2.45, 2.75) is 17.7 Å². The minimum absolute atomic E-state index is 0.0224. The zero-order chi connectivity index (χ0) is 22.6. The number of nitrogens with zero attached hydrogens (tertiary/aromatic N) is 3. The molecule has 32 heavy (non-hydrogen) atoms. The highest BCUT2D eigenvalue weighted by atomic mass is 35.5. The predicted octanol–water partition coefficient (Wildman–Crippen LogP) is 1.91. The zero-order valence-corrected chi connectivity index (χ0v) is 19.1. The molecule has 0 atom stereocenters. The van der Waals surface area contributed by atoms with Crippen molar-refractivity contribution in [2.24, 2.45) is 0 Å². The molecule has 0 bridgehead atoms. The van der Waals surface area contributed by atoms with E-state index in [1.807, 2.05) is 6.07 Å². The highest BCUT2D eigenvalue weighted by Gasteiger charge is 2.23. The third kappa shape index (κ3) is 5.43. The molecule has 1 N–H and O–H groups in total. The van der Waals surface area contributed by atoms with Gasteiger partial charge in [-0.2, -0.15) is 0 Å². The first-order valence-electron chi connectivity index (χ1n) is 10.5. The molecule has 0 unspecified atom stereocenters. The third-order valence-electron chi connectivity index (χ3n) is 5.33. The van der Waals surface area contributed by atoms with Gasteiger partial charge in [0.05, 0.1) is 23.1 Å². The highest BCUT2D eigenvalue weighted by molar-refractivity contribution is 7.89. The van der Waals surface area contributed by atoms with E-state index < -0.39 is 10.0 Å². The molecule has 1 saturated heterocycles. The fourth-order valence-electron chi connectivity index (χ4n) is 3.58. The lowest BCUT2D eigenvalue weighted by Gasteiger charge is -2.35. The molecular weight excluding hydrogens is 456 g/mol. The number of fused-ring (bicyclic) bond motifs is 1. The Morgan fingerprint density at radius 2 is 1.81 bits per heavy atom. The molecule has 1 amide bonds. The Bertz CT molecular complexity index is 1060. The summed E-state index contributed by atoms with van der Waals surface area (Å²) < 4.78 is 38.9. The molecule has 0 radical (unpaired) electrons. The summed E-state index contributed by atoms with van der Waals surface area (Å²) in [5.74, 6) is 1.68. The largest absolute Gasteiger partial charge is 0.490 e. The summed E-state index contributed by atoms with van der Waals surface area (Å²) in [6.45, 7) is 3.45. The summed E-state index contributed by atoms with van der Waals surface area (Å²) in [4.78, 5) is 20.8. The summed E-state index contributed by atoms with van der Waals surface area (Å²) in [5, 5.41) is 0.580. The highest BCUT2D eigenvalue weighted by Crippen LogP contribution is 2.31. The number of benzene rings is 1. The van der Waals surface area contributed by atoms with Crippen LogP contribution in [0, 0.1) is 0 Å². The molecule has 4 rings (SSSR count). The Morgan fingerprint density at radius 1 is 1.06 bits per heavy atom. The summed E-state index contributed by atoms with van der Waals surface area (Å²) in [6.07, 6.45) is 2.42. The Kier molecular flexibility index (Phi) is 7.02. The van der Waals surface area contributed by atoms with E-state index >= 15 is 0 Å². The van der Waals surface area contributed by atoms with Crippen LogP contribution in [0.4, 0.5) is 5.82 Å². The number of anilines is 1. The number of carbonyl (C=O) groups is 1. The van der Waals surface area contributed by atoms with Gasteiger partial charge in [0.1, 0.15) is 5.82 Å². The first kappa shape index (κ1) is 22.6. The Balaban J connectivity index is 1.26. The molecule has 3 heterocycles. The minimum atomic E-state index is -3.76. The Morgan fingerprint density at radius 3 is 2.53 bits per heavy atom. The van der Waals surface area contributed by atoms with Gasteiger partial charge >= 0.3 is 0 Å². The second-order valence-electron chi connectivity index (χ2n) is 7.51. The summed E-state index contributed by atoms with van der Waals surface area (Å²) in [5.41, 5.74) is 0. The van der Waals surface area contributed by atoms with E-state index in [2.05, 4.69) is 14.6 Å². The average Bonchev–Trinajstić information content (AvgIpc) is 3.04. The van der Waals surface area contributed by atoms with Crippen LogP contribution in [0.3, 0.4) is 0 Å². The normalized spacial score (nSPS) is 16.5. The topological polar surface area (TPSA) is 101 Å². The molecule has 0 spiro atoms. The second-order valence-corrected chi connectivity index (χ2v) is 9.71. The van der Waals surface area contributed by atoms with Crippen molar-refractivity contribution in [1.29, 1.82) is 0 Å². The number of carbonyl (C=O) groups excluding carboxylic acids is 1. The maximum Gasteiger partial charge on any atom is 0.240 e.